The number of fused-ring (bicyclic) bond motifs is 2. The Kier molecular flexibility index (Phi) is 4.96. The van der Waals surface area contributed by atoms with Gasteiger partial charge in [0.15, 0.2) is 0 Å². The molecule has 1 N–H and O–H groups in total. The van der Waals surface area contributed by atoms with E-state index in [1.54, 1.807) is 0 Å². The van der Waals surface area contributed by atoms with E-state index >= 15 is 0 Å². The van der Waals surface area contributed by atoms with Gasteiger partial charge in [0.2, 0.25) is 0 Å². The molecule has 0 atom stereocenters. The highest BCUT2D eigenvalue weighted by molar-refractivity contribution is 5.83. The van der Waals surface area contributed by atoms with Crippen LogP contribution in [0.4, 0.5) is 11.4 Å². The minimum absolute atomic E-state index is 1.13. The molecule has 3 aromatic rings. The minimum Gasteiger partial charge on any atom is -0.371 e. The highest BCUT2D eigenvalue weighted by Crippen LogP contribution is 2.27. The molecule has 4 nitrogen and oxygen atoms in total. The first-order valence-electron chi connectivity index (χ1n) is 10.7. The Bertz CT molecular complexity index is 923. The van der Waals surface area contributed by atoms with Crippen molar-refractivity contribution in [3.05, 3.63) is 60.3 Å². The van der Waals surface area contributed by atoms with Gasteiger partial charge in [0.25, 0.3) is 0 Å². The van der Waals surface area contributed by atoms with Gasteiger partial charge in [0, 0.05) is 67.7 Å². The van der Waals surface area contributed by atoms with Gasteiger partial charge >= 0.3 is 0 Å². The largest absolute Gasteiger partial charge is 0.371 e. The quantitative estimate of drug-likeness (QED) is 0.727. The van der Waals surface area contributed by atoms with Crippen molar-refractivity contribution >= 4 is 22.3 Å². The van der Waals surface area contributed by atoms with E-state index in [1.165, 1.54) is 79.8 Å². The average molecular weight is 375 g/mol. The smallest absolute Gasteiger partial charge is 0.0455 e. The SMILES string of the molecule is c1ccc2c(c1)CCCN2CCCN1CCN(c2ccc3[nH]ccc3c2)CC1. The lowest BCUT2D eigenvalue weighted by Gasteiger charge is -2.37. The van der Waals surface area contributed by atoms with Crippen LogP contribution in [0.3, 0.4) is 0 Å². The minimum atomic E-state index is 1.13. The second-order valence-electron chi connectivity index (χ2n) is 8.15. The number of aromatic amines is 1. The number of rotatable bonds is 5. The lowest BCUT2D eigenvalue weighted by atomic mass is 10.0. The van der Waals surface area contributed by atoms with Crippen LogP contribution in [-0.2, 0) is 6.42 Å². The van der Waals surface area contributed by atoms with E-state index in [0.29, 0.717) is 0 Å². The third kappa shape index (κ3) is 3.61. The van der Waals surface area contributed by atoms with Gasteiger partial charge in [0.1, 0.15) is 0 Å². The number of nitrogens with one attached hydrogen (secondary N) is 1. The van der Waals surface area contributed by atoms with Gasteiger partial charge in [-0.2, -0.15) is 0 Å². The van der Waals surface area contributed by atoms with Gasteiger partial charge in [-0.1, -0.05) is 18.2 Å². The zero-order valence-corrected chi connectivity index (χ0v) is 16.6. The van der Waals surface area contributed by atoms with Crippen LogP contribution in [-0.4, -0.2) is 55.7 Å². The molecule has 2 aliphatic rings. The monoisotopic (exact) mass is 374 g/mol. The van der Waals surface area contributed by atoms with Crippen LogP contribution in [0.5, 0.6) is 0 Å². The fraction of sp³-hybridized carbons (Fsp3) is 0.417. The molecule has 1 fully saturated rings. The summed E-state index contributed by atoms with van der Waals surface area (Å²) in [6, 6.07) is 17.9. The number of para-hydroxylation sites is 1. The molecule has 5 rings (SSSR count). The Morgan fingerprint density at radius 3 is 2.68 bits per heavy atom. The Balaban J connectivity index is 1.11. The van der Waals surface area contributed by atoms with Crippen LogP contribution in [0.2, 0.25) is 0 Å². The fourth-order valence-electron chi connectivity index (χ4n) is 4.80. The summed E-state index contributed by atoms with van der Waals surface area (Å²) in [7, 11) is 0. The molecule has 3 heterocycles. The normalized spacial score (nSPS) is 17.9. The maximum Gasteiger partial charge on any atom is 0.0455 e. The maximum atomic E-state index is 3.28. The lowest BCUT2D eigenvalue weighted by Crippen LogP contribution is -2.47. The Morgan fingerprint density at radius 1 is 0.857 bits per heavy atom. The van der Waals surface area contributed by atoms with Crippen molar-refractivity contribution in [3.63, 3.8) is 0 Å². The van der Waals surface area contributed by atoms with Crippen LogP contribution >= 0.6 is 0 Å². The summed E-state index contributed by atoms with van der Waals surface area (Å²) < 4.78 is 0. The number of aromatic nitrogens is 1. The van der Waals surface area contributed by atoms with Crippen LogP contribution in [0, 0.1) is 0 Å². The molecule has 0 amide bonds. The summed E-state index contributed by atoms with van der Waals surface area (Å²) in [5.74, 6) is 0. The number of H-pyrrole nitrogens is 1. The highest BCUT2D eigenvalue weighted by atomic mass is 15.3. The van der Waals surface area contributed by atoms with Crippen molar-refractivity contribution in [2.75, 3.05) is 55.6 Å². The number of hydrogen-bond acceptors (Lipinski definition) is 3. The lowest BCUT2D eigenvalue weighted by molar-refractivity contribution is 0.255. The molecule has 28 heavy (non-hydrogen) atoms. The molecule has 2 aromatic carbocycles. The first kappa shape index (κ1) is 17.6. The van der Waals surface area contributed by atoms with Crippen LogP contribution in [0.15, 0.2) is 54.7 Å². The molecular weight excluding hydrogens is 344 g/mol. The fourth-order valence-corrected chi connectivity index (χ4v) is 4.80. The van der Waals surface area contributed by atoms with E-state index in [2.05, 4.69) is 68.2 Å². The highest BCUT2D eigenvalue weighted by Gasteiger charge is 2.19. The van der Waals surface area contributed by atoms with Gasteiger partial charge in [-0.3, -0.25) is 4.90 Å². The average Bonchev–Trinajstić information content (AvgIpc) is 3.22. The van der Waals surface area contributed by atoms with E-state index in [-0.39, 0.29) is 0 Å². The van der Waals surface area contributed by atoms with Crippen LogP contribution in [0.25, 0.3) is 10.9 Å². The summed E-state index contributed by atoms with van der Waals surface area (Å²) in [4.78, 5) is 11.1. The number of nitrogens with zero attached hydrogens (tertiary/aromatic N) is 3. The molecule has 146 valence electrons. The second kappa shape index (κ2) is 7.88. The van der Waals surface area contributed by atoms with Gasteiger partial charge < -0.3 is 14.8 Å². The summed E-state index contributed by atoms with van der Waals surface area (Å²) >= 11 is 0. The van der Waals surface area contributed by atoms with Crippen LogP contribution in [0.1, 0.15) is 18.4 Å². The first-order valence-corrected chi connectivity index (χ1v) is 10.7. The van der Waals surface area contributed by atoms with Crippen molar-refractivity contribution in [3.8, 4) is 0 Å². The van der Waals surface area contributed by atoms with Gasteiger partial charge in [-0.15, -0.1) is 0 Å². The Hall–Kier alpha value is -2.46. The van der Waals surface area contributed by atoms with E-state index < -0.39 is 0 Å². The van der Waals surface area contributed by atoms with Crippen molar-refractivity contribution in [2.45, 2.75) is 19.3 Å². The van der Waals surface area contributed by atoms with E-state index in [0.717, 1.165) is 13.1 Å². The summed E-state index contributed by atoms with van der Waals surface area (Å²) in [5.41, 5.74) is 5.58. The molecule has 0 radical (unpaired) electrons. The van der Waals surface area contributed by atoms with Crippen molar-refractivity contribution < 1.29 is 0 Å². The molecule has 0 spiro atoms. The predicted octanol–water partition coefficient (Wildman–Crippen LogP) is 4.13. The number of anilines is 2. The number of piperazine rings is 1. The maximum absolute atomic E-state index is 3.28. The first-order chi connectivity index (χ1) is 13.9. The van der Waals surface area contributed by atoms with Crippen LogP contribution < -0.4 is 9.80 Å². The molecule has 4 heteroatoms. The molecule has 0 aliphatic carbocycles. The molecule has 0 saturated carbocycles. The third-order valence-corrected chi connectivity index (χ3v) is 6.38. The Labute approximate surface area is 167 Å². The van der Waals surface area contributed by atoms with Crippen molar-refractivity contribution in [1.29, 1.82) is 0 Å². The van der Waals surface area contributed by atoms with E-state index in [4.69, 9.17) is 0 Å². The molecule has 1 saturated heterocycles. The Morgan fingerprint density at radius 2 is 1.75 bits per heavy atom. The standard InChI is InChI=1S/C24H30N4/c1-2-7-24-20(5-1)6-3-13-28(24)14-4-12-26-15-17-27(18-16-26)22-8-9-23-21(19-22)10-11-25-23/h1-2,5,7-11,19,25H,3-4,6,12-18H2. The third-order valence-electron chi connectivity index (χ3n) is 6.38. The van der Waals surface area contributed by atoms with Gasteiger partial charge in [-0.05, 0) is 61.7 Å². The zero-order chi connectivity index (χ0) is 18.8. The van der Waals surface area contributed by atoms with E-state index in [1.807, 2.05) is 6.20 Å². The molecule has 1 aromatic heterocycles. The molecule has 2 aliphatic heterocycles. The molecule has 0 unspecified atom stereocenters. The predicted molar refractivity (Wildman–Crippen MR) is 119 cm³/mol. The number of benzene rings is 2. The van der Waals surface area contributed by atoms with E-state index in [9.17, 15) is 0 Å². The second-order valence-corrected chi connectivity index (χ2v) is 8.15. The zero-order valence-electron chi connectivity index (χ0n) is 16.6. The number of hydrogen-bond donors (Lipinski definition) is 1. The summed E-state index contributed by atoms with van der Waals surface area (Å²) in [6.07, 6.45) is 5.81. The summed E-state index contributed by atoms with van der Waals surface area (Å²) in [5, 5.41) is 1.31. The summed E-state index contributed by atoms with van der Waals surface area (Å²) in [6.45, 7) is 8.20. The van der Waals surface area contributed by atoms with Gasteiger partial charge in [0.05, 0.1) is 0 Å². The van der Waals surface area contributed by atoms with Crippen molar-refractivity contribution in [1.82, 2.24) is 9.88 Å². The molecule has 0 bridgehead atoms. The van der Waals surface area contributed by atoms with Crippen molar-refractivity contribution in [2.24, 2.45) is 0 Å². The number of aryl methyl sites for hydroxylation is 1. The molecular formula is C24H30N4. The topological polar surface area (TPSA) is 25.5 Å². The van der Waals surface area contributed by atoms with Gasteiger partial charge in [-0.25, -0.2) is 0 Å².